The van der Waals surface area contributed by atoms with Gasteiger partial charge in [-0.1, -0.05) is 6.92 Å². The highest BCUT2D eigenvalue weighted by atomic mass is 16.5. The van der Waals surface area contributed by atoms with E-state index in [1.807, 2.05) is 11.8 Å². The first kappa shape index (κ1) is 15.1. The largest absolute Gasteiger partial charge is 0.377 e. The quantitative estimate of drug-likeness (QED) is 0.677. The molecular weight excluding hydrogens is 232 g/mol. The number of carbonyl (C=O) groups excluding carboxylic acids is 2. The maximum Gasteiger partial charge on any atom is 0.219 e. The number of amides is 1. The molecule has 1 heterocycles. The smallest absolute Gasteiger partial charge is 0.219 e. The Labute approximate surface area is 109 Å². The first-order valence-corrected chi connectivity index (χ1v) is 6.73. The highest BCUT2D eigenvalue weighted by molar-refractivity contribution is 5.80. The van der Waals surface area contributed by atoms with Crippen LogP contribution in [0, 0.1) is 0 Å². The predicted octanol–water partition coefficient (Wildman–Crippen LogP) is 0.583. The third kappa shape index (κ3) is 5.60. The Kier molecular flexibility index (Phi) is 6.90. The van der Waals surface area contributed by atoms with Gasteiger partial charge in [-0.15, -0.1) is 0 Å². The second kappa shape index (κ2) is 8.21. The highest BCUT2D eigenvalue weighted by Crippen LogP contribution is 2.13. The Morgan fingerprint density at radius 2 is 2.00 bits per heavy atom. The molecule has 1 saturated heterocycles. The molecule has 0 unspecified atom stereocenters. The Morgan fingerprint density at radius 3 is 2.56 bits per heavy atom. The van der Waals surface area contributed by atoms with Gasteiger partial charge in [0.1, 0.15) is 5.78 Å². The second-order valence-electron chi connectivity index (χ2n) is 4.65. The summed E-state index contributed by atoms with van der Waals surface area (Å²) >= 11 is 0. The molecule has 1 aliphatic heterocycles. The van der Waals surface area contributed by atoms with Gasteiger partial charge in [-0.2, -0.15) is 0 Å². The number of ketones is 1. The van der Waals surface area contributed by atoms with E-state index in [-0.39, 0.29) is 17.8 Å². The average Bonchev–Trinajstić information content (AvgIpc) is 2.38. The van der Waals surface area contributed by atoms with Gasteiger partial charge in [-0.05, 0) is 12.8 Å². The maximum atomic E-state index is 11.1. The molecule has 1 rings (SSSR count). The topological polar surface area (TPSA) is 58.6 Å². The number of ether oxygens (including phenoxy) is 1. The van der Waals surface area contributed by atoms with Crippen molar-refractivity contribution in [3.05, 3.63) is 0 Å². The van der Waals surface area contributed by atoms with E-state index < -0.39 is 0 Å². The van der Waals surface area contributed by atoms with Crippen LogP contribution in [0.3, 0.4) is 0 Å². The Bertz CT molecular complexity index is 273. The van der Waals surface area contributed by atoms with E-state index in [2.05, 4.69) is 5.32 Å². The van der Waals surface area contributed by atoms with Gasteiger partial charge in [0, 0.05) is 33.0 Å². The first-order chi connectivity index (χ1) is 8.63. The molecule has 0 aliphatic carbocycles. The van der Waals surface area contributed by atoms with E-state index in [1.165, 1.54) is 0 Å². The van der Waals surface area contributed by atoms with E-state index in [1.54, 1.807) is 6.92 Å². The van der Waals surface area contributed by atoms with Gasteiger partial charge >= 0.3 is 0 Å². The van der Waals surface area contributed by atoms with Crippen LogP contribution >= 0.6 is 0 Å². The lowest BCUT2D eigenvalue weighted by molar-refractivity contribution is -0.131. The molecule has 0 bridgehead atoms. The molecular formula is C13H24N2O3. The molecule has 104 valence electrons. The van der Waals surface area contributed by atoms with Crippen molar-refractivity contribution in [3.63, 3.8) is 0 Å². The van der Waals surface area contributed by atoms with E-state index in [0.29, 0.717) is 26.1 Å². The van der Waals surface area contributed by atoms with Crippen LogP contribution in [-0.4, -0.2) is 55.5 Å². The van der Waals surface area contributed by atoms with Gasteiger partial charge in [-0.3, -0.25) is 9.59 Å². The van der Waals surface area contributed by atoms with Crippen LogP contribution in [0.2, 0.25) is 0 Å². The van der Waals surface area contributed by atoms with Crippen molar-refractivity contribution in [2.24, 2.45) is 0 Å². The van der Waals surface area contributed by atoms with Crippen molar-refractivity contribution in [1.29, 1.82) is 0 Å². The number of nitrogens with zero attached hydrogens (tertiary/aromatic N) is 1. The summed E-state index contributed by atoms with van der Waals surface area (Å²) in [7, 11) is 0. The maximum absolute atomic E-state index is 11.1. The molecule has 18 heavy (non-hydrogen) atoms. The predicted molar refractivity (Wildman–Crippen MR) is 69.4 cm³/mol. The first-order valence-electron chi connectivity index (χ1n) is 6.73. The van der Waals surface area contributed by atoms with Crippen LogP contribution in [0.25, 0.3) is 0 Å². The summed E-state index contributed by atoms with van der Waals surface area (Å²) in [4.78, 5) is 24.0. The number of rotatable bonds is 7. The number of piperidine rings is 1. The van der Waals surface area contributed by atoms with Gasteiger partial charge in [0.05, 0.1) is 19.3 Å². The molecule has 1 amide bonds. The summed E-state index contributed by atoms with van der Waals surface area (Å²) in [6, 6.07) is 0. The zero-order chi connectivity index (χ0) is 13.4. The van der Waals surface area contributed by atoms with Crippen molar-refractivity contribution >= 4 is 11.7 Å². The van der Waals surface area contributed by atoms with Crippen LogP contribution in [0.1, 0.15) is 33.1 Å². The van der Waals surface area contributed by atoms with E-state index >= 15 is 0 Å². The molecule has 5 nitrogen and oxygen atoms in total. The van der Waals surface area contributed by atoms with Crippen molar-refractivity contribution in [3.8, 4) is 0 Å². The minimum atomic E-state index is 0.146. The molecule has 1 N–H and O–H groups in total. The van der Waals surface area contributed by atoms with Crippen molar-refractivity contribution in [2.45, 2.75) is 39.2 Å². The fourth-order valence-corrected chi connectivity index (χ4v) is 1.99. The Hall–Kier alpha value is -0.940. The molecule has 0 atom stereocenters. The third-order valence-corrected chi connectivity index (χ3v) is 3.24. The molecule has 0 saturated carbocycles. The third-order valence-electron chi connectivity index (χ3n) is 3.24. The number of likely N-dealkylation sites (tertiary alicyclic amines) is 1. The normalized spacial score (nSPS) is 16.9. The molecule has 1 aliphatic rings. The van der Waals surface area contributed by atoms with Crippen molar-refractivity contribution < 1.29 is 14.3 Å². The standard InChI is InChI=1S/C13H24N2O3/c1-3-12(17)10-14-6-9-18-13-4-7-15(8-5-13)11(2)16/h13-14H,3-10H2,1-2H3. The zero-order valence-corrected chi connectivity index (χ0v) is 11.4. The number of carbonyl (C=O) groups is 2. The van der Waals surface area contributed by atoms with Gasteiger partial charge in [-0.25, -0.2) is 0 Å². The zero-order valence-electron chi connectivity index (χ0n) is 11.4. The summed E-state index contributed by atoms with van der Waals surface area (Å²) in [6.07, 6.45) is 2.66. The van der Waals surface area contributed by atoms with Crippen LogP contribution < -0.4 is 5.32 Å². The lowest BCUT2D eigenvalue weighted by Gasteiger charge is -2.31. The summed E-state index contributed by atoms with van der Waals surface area (Å²) in [5.41, 5.74) is 0. The van der Waals surface area contributed by atoms with E-state index in [9.17, 15) is 9.59 Å². The molecule has 0 spiro atoms. The van der Waals surface area contributed by atoms with E-state index in [0.717, 1.165) is 25.9 Å². The van der Waals surface area contributed by atoms with Crippen molar-refractivity contribution in [2.75, 3.05) is 32.8 Å². The lowest BCUT2D eigenvalue weighted by Crippen LogP contribution is -2.40. The summed E-state index contributed by atoms with van der Waals surface area (Å²) in [6.45, 7) is 6.83. The Morgan fingerprint density at radius 1 is 1.33 bits per heavy atom. The average molecular weight is 256 g/mol. The molecule has 5 heteroatoms. The van der Waals surface area contributed by atoms with E-state index in [4.69, 9.17) is 4.74 Å². The fourth-order valence-electron chi connectivity index (χ4n) is 1.99. The minimum Gasteiger partial charge on any atom is -0.377 e. The second-order valence-corrected chi connectivity index (χ2v) is 4.65. The number of hydrogen-bond acceptors (Lipinski definition) is 4. The van der Waals surface area contributed by atoms with Crippen molar-refractivity contribution in [1.82, 2.24) is 10.2 Å². The number of Topliss-reactive ketones (excluding diaryl/α,β-unsaturated/α-hetero) is 1. The van der Waals surface area contributed by atoms with Gasteiger partial charge in [0.25, 0.3) is 0 Å². The molecule has 0 aromatic carbocycles. The Balaban J connectivity index is 2.01. The molecule has 0 aromatic heterocycles. The summed E-state index contributed by atoms with van der Waals surface area (Å²) in [5.74, 6) is 0.373. The van der Waals surface area contributed by atoms with Gasteiger partial charge in [0.15, 0.2) is 0 Å². The molecule has 1 fully saturated rings. The number of nitrogens with one attached hydrogen (secondary N) is 1. The van der Waals surface area contributed by atoms with Gasteiger partial charge in [0.2, 0.25) is 5.91 Å². The van der Waals surface area contributed by atoms with Crippen LogP contribution in [0.15, 0.2) is 0 Å². The number of hydrogen-bond donors (Lipinski definition) is 1. The van der Waals surface area contributed by atoms with Gasteiger partial charge < -0.3 is 15.0 Å². The highest BCUT2D eigenvalue weighted by Gasteiger charge is 2.20. The molecule has 0 aromatic rings. The lowest BCUT2D eigenvalue weighted by atomic mass is 10.1. The fraction of sp³-hybridized carbons (Fsp3) is 0.846. The van der Waals surface area contributed by atoms with Crippen LogP contribution in [0.4, 0.5) is 0 Å². The monoisotopic (exact) mass is 256 g/mol. The SMILES string of the molecule is CCC(=O)CNCCOC1CCN(C(C)=O)CC1. The molecule has 0 radical (unpaired) electrons. The summed E-state index contributed by atoms with van der Waals surface area (Å²) < 4.78 is 5.71. The van der Waals surface area contributed by atoms with Crippen LogP contribution in [0.5, 0.6) is 0 Å². The summed E-state index contributed by atoms with van der Waals surface area (Å²) in [5, 5.41) is 3.06. The van der Waals surface area contributed by atoms with Crippen LogP contribution in [-0.2, 0) is 14.3 Å². The minimum absolute atomic E-state index is 0.146.